The van der Waals surface area contributed by atoms with Crippen LogP contribution in [-0.4, -0.2) is 10.7 Å². The molecule has 3 heteroatoms. The summed E-state index contributed by atoms with van der Waals surface area (Å²) in [5.41, 5.74) is 18.7. The molecule has 0 aromatic heterocycles. The fourth-order valence-electron chi connectivity index (χ4n) is 9.09. The number of allylic oxidation sites excluding steroid dienone is 2. The zero-order chi connectivity index (χ0) is 49.2. The maximum absolute atomic E-state index is 9.75. The van der Waals surface area contributed by atoms with Gasteiger partial charge < -0.3 is 5.53 Å². The van der Waals surface area contributed by atoms with Gasteiger partial charge in [-0.25, -0.2) is 0 Å². The van der Waals surface area contributed by atoms with Crippen molar-refractivity contribution >= 4 is 11.4 Å². The Hall–Kier alpha value is -2.61. The summed E-state index contributed by atoms with van der Waals surface area (Å²) in [6, 6.07) is 18.3. The van der Waals surface area contributed by atoms with Crippen molar-refractivity contribution in [2.75, 3.05) is 0 Å². The molecular weight excluding hydrogens is 867 g/mol. The van der Waals surface area contributed by atoms with Crippen LogP contribution in [-0.2, 0) is 27.3 Å². The van der Waals surface area contributed by atoms with E-state index in [1.54, 1.807) is 0 Å². The minimum atomic E-state index is 0.881. The van der Waals surface area contributed by atoms with E-state index in [0.717, 1.165) is 82.6 Å². The van der Waals surface area contributed by atoms with Crippen LogP contribution in [0.5, 0.6) is 0 Å². The van der Waals surface area contributed by atoms with Crippen molar-refractivity contribution in [3.63, 3.8) is 0 Å². The second kappa shape index (κ2) is 49.4. The molecule has 68 heavy (non-hydrogen) atoms. The Morgan fingerprint density at radius 1 is 0.441 bits per heavy atom. The first kappa shape index (κ1) is 63.4. The fraction of sp³-hybridized carbons (Fsp3) is 0.723. The number of rotatable bonds is 43. The van der Waals surface area contributed by atoms with Crippen LogP contribution in [0.2, 0.25) is 10.8 Å². The van der Waals surface area contributed by atoms with Crippen LogP contribution in [0.4, 0.5) is 0 Å². The molecule has 2 aromatic rings. The number of hydrogen-bond donors (Lipinski definition) is 0. The molecule has 0 spiro atoms. The third kappa shape index (κ3) is 34.7. The molecule has 0 bridgehead atoms. The number of nitrogens with zero attached hydrogens (tertiary/aromatic N) is 2. The molecule has 0 saturated carbocycles. The molecule has 0 N–H and O–H groups in total. The van der Waals surface area contributed by atoms with E-state index in [1.807, 2.05) is 14.4 Å². The van der Waals surface area contributed by atoms with Crippen LogP contribution < -0.4 is 0 Å². The number of hydrogen-bond acceptors (Lipinski definition) is 0. The molecule has 0 fully saturated rings. The average Bonchev–Trinajstić information content (AvgIpc) is 3.36. The molecule has 0 saturated heterocycles. The topological polar surface area (TPSA) is 36.4 Å². The van der Waals surface area contributed by atoms with Gasteiger partial charge in [0.1, 0.15) is 0 Å². The van der Waals surface area contributed by atoms with Gasteiger partial charge in [-0.1, -0.05) is 192 Å². The van der Waals surface area contributed by atoms with E-state index in [0.29, 0.717) is 0 Å². The second-order valence-electron chi connectivity index (χ2n) is 19.8. The van der Waals surface area contributed by atoms with Gasteiger partial charge in [-0.3, -0.25) is 0 Å². The van der Waals surface area contributed by atoms with Gasteiger partial charge >= 0.3 is 109 Å². The third-order valence-corrected chi connectivity index (χ3v) is 14.8. The Kier molecular flexibility index (Phi) is 46.0. The van der Waals surface area contributed by atoms with E-state index in [1.165, 1.54) is 218 Å². The van der Waals surface area contributed by atoms with Crippen molar-refractivity contribution < 1.29 is 19.2 Å². The first-order valence-electron chi connectivity index (χ1n) is 29.4. The molecule has 2 aromatic carbocycles. The van der Waals surface area contributed by atoms with Crippen molar-refractivity contribution in [1.82, 2.24) is 0 Å². The Labute approximate surface area is 430 Å². The van der Waals surface area contributed by atoms with E-state index in [9.17, 15) is 5.53 Å². The molecule has 0 heterocycles. The molecule has 0 aliphatic heterocycles. The summed E-state index contributed by atoms with van der Waals surface area (Å²) >= 11 is 2.00. The van der Waals surface area contributed by atoms with Crippen LogP contribution in [0.1, 0.15) is 301 Å². The SMILES string of the molecule is CCCCCCCCCCCCCCCCCC#CCCCc1ccccc1C(=C(CCCC)C(=C=[N+]=[N-])CCCCC)c1ccc(CCCC)cc1.CCCCCC[CH2][Ni][CH2]CCCCCC. The predicted octanol–water partition coefficient (Wildman–Crippen LogP) is 21.9. The maximum atomic E-state index is 9.75. The monoisotopic (exact) mass is 975 g/mol. The van der Waals surface area contributed by atoms with E-state index in [2.05, 4.69) is 113 Å². The molecule has 2 rings (SSSR count). The number of aryl methyl sites for hydroxylation is 2. The molecule has 0 atom stereocenters. The summed E-state index contributed by atoms with van der Waals surface area (Å²) in [6.07, 6.45) is 50.4. The first-order chi connectivity index (χ1) is 33.6. The summed E-state index contributed by atoms with van der Waals surface area (Å²) in [4.78, 5) is 3.48. The number of benzene rings is 2. The summed E-state index contributed by atoms with van der Waals surface area (Å²) in [5.74, 6) is 10.1. The summed E-state index contributed by atoms with van der Waals surface area (Å²) in [5, 5.41) is 2.84. The van der Waals surface area contributed by atoms with Gasteiger partial charge in [-0.05, 0) is 91.2 Å². The Morgan fingerprint density at radius 2 is 0.897 bits per heavy atom. The Morgan fingerprint density at radius 3 is 1.41 bits per heavy atom. The predicted molar refractivity (Wildman–Crippen MR) is 301 cm³/mol. The molecule has 0 radical (unpaired) electrons. The molecule has 0 aliphatic rings. The van der Waals surface area contributed by atoms with Gasteiger partial charge in [0.15, 0.2) is 0 Å². The van der Waals surface area contributed by atoms with Gasteiger partial charge in [0.05, 0.1) is 5.57 Å². The van der Waals surface area contributed by atoms with Crippen LogP contribution in [0.15, 0.2) is 59.7 Å². The van der Waals surface area contributed by atoms with E-state index < -0.39 is 0 Å². The van der Waals surface area contributed by atoms with Crippen LogP contribution in [0.3, 0.4) is 0 Å². The van der Waals surface area contributed by atoms with E-state index in [4.69, 9.17) is 0 Å². The standard InChI is InChI=1S/C51H78N2.2C7H15.Ni/c1-5-9-13-14-15-16-17-18-19-20-21-22-23-24-25-26-27-28-29-31-35-46-36-32-33-39-49(46)51(47-42-40-45(41-43-47)34-11-7-3)50(38-12-8-4)48(44-53-52)37-30-10-6-2;2*1-3-5-7-6-4-2;/h32-33,36,39-43H,5-26,29-31,34-35,37-38H2,1-4H3;2*1,3-7H2,2H3;. The Bertz CT molecular complexity index is 1600. The molecular formula is C65H108N2Ni. The van der Waals surface area contributed by atoms with Gasteiger partial charge in [0.25, 0.3) is 0 Å². The zero-order valence-corrected chi connectivity index (χ0v) is 46.8. The summed E-state index contributed by atoms with van der Waals surface area (Å²) in [7, 11) is 0. The number of unbranched alkanes of at least 4 members (excludes halogenated alkanes) is 28. The normalized spacial score (nSPS) is 11.3. The van der Waals surface area contributed by atoms with Crippen LogP contribution in [0.25, 0.3) is 11.1 Å². The van der Waals surface area contributed by atoms with Crippen molar-refractivity contribution in [2.24, 2.45) is 0 Å². The van der Waals surface area contributed by atoms with Gasteiger partial charge in [0, 0.05) is 12.8 Å². The van der Waals surface area contributed by atoms with Crippen LogP contribution in [0, 0.1) is 11.8 Å². The first-order valence-corrected chi connectivity index (χ1v) is 30.8. The van der Waals surface area contributed by atoms with Crippen molar-refractivity contribution in [2.45, 2.75) is 303 Å². The summed E-state index contributed by atoms with van der Waals surface area (Å²) in [6.45, 7) is 13.6. The summed E-state index contributed by atoms with van der Waals surface area (Å²) < 4.78 is 0. The average molecular weight is 976 g/mol. The molecule has 2 nitrogen and oxygen atoms in total. The molecule has 0 unspecified atom stereocenters. The van der Waals surface area contributed by atoms with E-state index >= 15 is 0 Å². The van der Waals surface area contributed by atoms with Gasteiger partial charge in [-0.2, -0.15) is 0 Å². The van der Waals surface area contributed by atoms with Crippen molar-refractivity contribution in [3.05, 3.63) is 87.5 Å². The third-order valence-electron chi connectivity index (χ3n) is 13.4. The quantitative estimate of drug-likeness (QED) is 0.0121. The Balaban J connectivity index is 0.00000131. The van der Waals surface area contributed by atoms with E-state index in [-0.39, 0.29) is 0 Å². The van der Waals surface area contributed by atoms with Gasteiger partial charge in [0.2, 0.25) is 0 Å². The molecule has 0 aliphatic carbocycles. The fourth-order valence-corrected chi connectivity index (χ4v) is 10.3. The zero-order valence-electron chi connectivity index (χ0n) is 45.8. The van der Waals surface area contributed by atoms with Gasteiger partial charge in [-0.15, -0.1) is 16.6 Å². The van der Waals surface area contributed by atoms with Crippen molar-refractivity contribution in [1.29, 1.82) is 0 Å². The van der Waals surface area contributed by atoms with Crippen molar-refractivity contribution in [3.8, 4) is 11.8 Å². The molecule has 0 amide bonds. The second-order valence-corrected chi connectivity index (χ2v) is 21.3. The minimum absolute atomic E-state index is 0.881. The molecule has 388 valence electrons. The van der Waals surface area contributed by atoms with Crippen LogP contribution >= 0.6 is 0 Å².